The Morgan fingerprint density at radius 1 is 1.00 bits per heavy atom. The van der Waals surface area contributed by atoms with E-state index in [0.717, 1.165) is 11.1 Å². The maximum atomic E-state index is 11.9. The monoisotopic (exact) mass is 403 g/mol. The lowest BCUT2D eigenvalue weighted by atomic mass is 10.1. The van der Waals surface area contributed by atoms with Crippen LogP contribution in [0, 0.1) is 17.0 Å². The third-order valence-electron chi connectivity index (χ3n) is 4.36. The number of nitro groups is 1. The molecule has 9 nitrogen and oxygen atoms in total. The van der Waals surface area contributed by atoms with Crippen molar-refractivity contribution >= 4 is 28.1 Å². The zero-order valence-electron chi connectivity index (χ0n) is 16.2. The Bertz CT molecular complexity index is 1250. The first-order valence-electron chi connectivity index (χ1n) is 9.00. The maximum absolute atomic E-state index is 11.9. The van der Waals surface area contributed by atoms with E-state index in [-0.39, 0.29) is 11.7 Å². The largest absolute Gasteiger partial charge is 0.493 e. The number of methoxy groups -OCH3 is 1. The molecule has 0 bridgehead atoms. The summed E-state index contributed by atoms with van der Waals surface area (Å²) in [5, 5.41) is 15.8. The lowest BCUT2D eigenvalue weighted by molar-refractivity contribution is -0.385. The molecule has 0 spiro atoms. The number of anilines is 2. The minimum Gasteiger partial charge on any atom is -0.493 e. The van der Waals surface area contributed by atoms with Gasteiger partial charge in [-0.25, -0.2) is 4.98 Å². The summed E-state index contributed by atoms with van der Waals surface area (Å²) in [4.78, 5) is 23.8. The van der Waals surface area contributed by atoms with Gasteiger partial charge in [0.2, 0.25) is 5.82 Å². The molecule has 0 saturated heterocycles. The van der Waals surface area contributed by atoms with Gasteiger partial charge in [-0.2, -0.15) is 4.98 Å². The minimum absolute atomic E-state index is 0.00398. The Morgan fingerprint density at radius 2 is 1.80 bits per heavy atom. The molecule has 30 heavy (non-hydrogen) atoms. The zero-order valence-corrected chi connectivity index (χ0v) is 16.2. The van der Waals surface area contributed by atoms with Crippen LogP contribution in [-0.2, 0) is 0 Å². The fourth-order valence-corrected chi connectivity index (χ4v) is 2.97. The van der Waals surface area contributed by atoms with Gasteiger partial charge >= 0.3 is 11.6 Å². The molecule has 0 amide bonds. The van der Waals surface area contributed by atoms with Gasteiger partial charge < -0.3 is 14.8 Å². The second-order valence-corrected chi connectivity index (χ2v) is 6.34. The van der Waals surface area contributed by atoms with E-state index < -0.39 is 10.6 Å². The molecular formula is C21H17N5O4. The van der Waals surface area contributed by atoms with E-state index in [1.807, 2.05) is 31.2 Å². The molecular weight excluding hydrogens is 386 g/mol. The number of ether oxygens (including phenoxy) is 2. The Labute approximate surface area is 171 Å². The molecule has 0 atom stereocenters. The standard InChI is InChI=1S/C21H17N5O4/c1-13-10-11-14-6-5-7-15(18(14)24-13)25-20-19(26(27)28)21(23-12-22-20)30-17-9-4-3-8-16(17)29-2/h3-12H,1-2H3,(H,22,23,25). The van der Waals surface area contributed by atoms with Crippen LogP contribution in [0.3, 0.4) is 0 Å². The number of aryl methyl sites for hydroxylation is 1. The van der Waals surface area contributed by atoms with Crippen molar-refractivity contribution in [1.82, 2.24) is 15.0 Å². The highest BCUT2D eigenvalue weighted by atomic mass is 16.6. The molecule has 2 heterocycles. The highest BCUT2D eigenvalue weighted by Crippen LogP contribution is 2.38. The van der Waals surface area contributed by atoms with Crippen LogP contribution in [0.15, 0.2) is 60.9 Å². The summed E-state index contributed by atoms with van der Waals surface area (Å²) in [7, 11) is 1.49. The number of nitrogens with zero attached hydrogens (tertiary/aromatic N) is 4. The predicted octanol–water partition coefficient (Wildman–Crippen LogP) is 4.79. The first-order chi connectivity index (χ1) is 14.6. The van der Waals surface area contributed by atoms with E-state index in [1.165, 1.54) is 13.4 Å². The molecule has 0 saturated carbocycles. The average molecular weight is 403 g/mol. The number of aromatic nitrogens is 3. The topological polar surface area (TPSA) is 112 Å². The van der Waals surface area contributed by atoms with Crippen LogP contribution in [0.5, 0.6) is 17.4 Å². The van der Waals surface area contributed by atoms with Crippen molar-refractivity contribution in [1.29, 1.82) is 0 Å². The number of para-hydroxylation sites is 3. The number of hydrogen-bond donors (Lipinski definition) is 1. The number of benzene rings is 2. The van der Waals surface area contributed by atoms with E-state index in [4.69, 9.17) is 9.47 Å². The fraction of sp³-hybridized carbons (Fsp3) is 0.0952. The maximum Gasteiger partial charge on any atom is 0.373 e. The van der Waals surface area contributed by atoms with Gasteiger partial charge in [0.25, 0.3) is 0 Å². The third kappa shape index (κ3) is 3.68. The molecule has 0 unspecified atom stereocenters. The molecule has 0 radical (unpaired) electrons. The summed E-state index contributed by atoms with van der Waals surface area (Å²) in [6.45, 7) is 1.88. The summed E-state index contributed by atoms with van der Waals surface area (Å²) in [6, 6.07) is 16.2. The van der Waals surface area contributed by atoms with E-state index >= 15 is 0 Å². The van der Waals surface area contributed by atoms with E-state index in [2.05, 4.69) is 20.3 Å². The van der Waals surface area contributed by atoms with Crippen LogP contribution in [0.1, 0.15) is 5.69 Å². The molecule has 0 fully saturated rings. The molecule has 1 N–H and O–H groups in total. The molecule has 2 aromatic carbocycles. The lowest BCUT2D eigenvalue weighted by Gasteiger charge is -2.12. The molecule has 150 valence electrons. The summed E-state index contributed by atoms with van der Waals surface area (Å²) >= 11 is 0. The van der Waals surface area contributed by atoms with Gasteiger partial charge in [0.15, 0.2) is 11.5 Å². The lowest BCUT2D eigenvalue weighted by Crippen LogP contribution is -2.04. The molecule has 0 aliphatic rings. The fourth-order valence-electron chi connectivity index (χ4n) is 2.97. The first kappa shape index (κ1) is 19.1. The minimum atomic E-state index is -0.586. The van der Waals surface area contributed by atoms with Gasteiger partial charge in [0.05, 0.1) is 23.2 Å². The molecule has 0 aliphatic heterocycles. The van der Waals surface area contributed by atoms with Gasteiger partial charge in [0.1, 0.15) is 6.33 Å². The number of hydrogen-bond acceptors (Lipinski definition) is 8. The van der Waals surface area contributed by atoms with Gasteiger partial charge in [0, 0.05) is 11.1 Å². The quantitative estimate of drug-likeness (QED) is 0.361. The highest BCUT2D eigenvalue weighted by molar-refractivity contribution is 5.92. The van der Waals surface area contributed by atoms with Crippen molar-refractivity contribution in [2.75, 3.05) is 12.4 Å². The summed E-state index contributed by atoms with van der Waals surface area (Å²) in [5.74, 6) is 0.519. The van der Waals surface area contributed by atoms with Crippen molar-refractivity contribution in [3.05, 3.63) is 76.7 Å². The number of fused-ring (bicyclic) bond motifs is 1. The van der Waals surface area contributed by atoms with Crippen LogP contribution in [-0.4, -0.2) is 27.0 Å². The molecule has 0 aliphatic carbocycles. The smallest absolute Gasteiger partial charge is 0.373 e. The van der Waals surface area contributed by atoms with Crippen LogP contribution in [0.25, 0.3) is 10.9 Å². The summed E-state index contributed by atoms with van der Waals surface area (Å²) < 4.78 is 10.9. The Balaban J connectivity index is 1.78. The molecule has 9 heteroatoms. The normalized spacial score (nSPS) is 10.6. The van der Waals surface area contributed by atoms with Crippen molar-refractivity contribution < 1.29 is 14.4 Å². The van der Waals surface area contributed by atoms with Crippen LogP contribution in [0.2, 0.25) is 0 Å². The van der Waals surface area contributed by atoms with Gasteiger partial charge in [-0.3, -0.25) is 15.1 Å². The summed E-state index contributed by atoms with van der Waals surface area (Å²) in [5.41, 5.74) is 1.70. The predicted molar refractivity (Wildman–Crippen MR) is 112 cm³/mol. The average Bonchev–Trinajstić information content (AvgIpc) is 2.74. The van der Waals surface area contributed by atoms with Crippen molar-refractivity contribution in [2.45, 2.75) is 6.92 Å². The van der Waals surface area contributed by atoms with Gasteiger partial charge in [-0.15, -0.1) is 0 Å². The van der Waals surface area contributed by atoms with E-state index in [9.17, 15) is 10.1 Å². The van der Waals surface area contributed by atoms with Crippen LogP contribution < -0.4 is 14.8 Å². The Hall–Kier alpha value is -4.27. The van der Waals surface area contributed by atoms with Crippen LogP contribution >= 0.6 is 0 Å². The third-order valence-corrected chi connectivity index (χ3v) is 4.36. The number of pyridine rings is 1. The second kappa shape index (κ2) is 8.00. The van der Waals surface area contributed by atoms with E-state index in [0.29, 0.717) is 22.7 Å². The van der Waals surface area contributed by atoms with Crippen molar-refractivity contribution in [3.63, 3.8) is 0 Å². The van der Waals surface area contributed by atoms with E-state index in [1.54, 1.807) is 30.3 Å². The Kier molecular flexibility index (Phi) is 5.08. The molecule has 2 aromatic heterocycles. The second-order valence-electron chi connectivity index (χ2n) is 6.34. The van der Waals surface area contributed by atoms with Crippen molar-refractivity contribution in [2.24, 2.45) is 0 Å². The number of rotatable bonds is 6. The van der Waals surface area contributed by atoms with Gasteiger partial charge in [-0.1, -0.05) is 30.3 Å². The molecule has 4 aromatic rings. The zero-order chi connectivity index (χ0) is 21.1. The summed E-state index contributed by atoms with van der Waals surface area (Å²) in [6.07, 6.45) is 1.20. The molecule has 4 rings (SSSR count). The van der Waals surface area contributed by atoms with Crippen LogP contribution in [0.4, 0.5) is 17.2 Å². The van der Waals surface area contributed by atoms with Gasteiger partial charge in [-0.05, 0) is 31.2 Å². The van der Waals surface area contributed by atoms with Crippen molar-refractivity contribution in [3.8, 4) is 17.4 Å². The highest BCUT2D eigenvalue weighted by Gasteiger charge is 2.26. The number of nitrogens with one attached hydrogen (secondary N) is 1. The SMILES string of the molecule is COc1ccccc1Oc1ncnc(Nc2cccc3ccc(C)nc23)c1[N+](=O)[O-]. The Morgan fingerprint density at radius 3 is 2.57 bits per heavy atom. The first-order valence-corrected chi connectivity index (χ1v) is 9.00.